The van der Waals surface area contributed by atoms with Gasteiger partial charge in [-0.2, -0.15) is 0 Å². The molecule has 3 amide bonds. The molecule has 0 unspecified atom stereocenters. The van der Waals surface area contributed by atoms with Crippen LogP contribution in [0.25, 0.3) is 22.5 Å². The van der Waals surface area contributed by atoms with Gasteiger partial charge in [0.1, 0.15) is 6.54 Å². The molecule has 6 nitrogen and oxygen atoms in total. The van der Waals surface area contributed by atoms with Crippen LogP contribution in [0.4, 0.5) is 10.5 Å². The maximum Gasteiger partial charge on any atom is 0.294 e. The molecule has 1 fully saturated rings. The van der Waals surface area contributed by atoms with E-state index in [0.717, 1.165) is 44.4 Å². The van der Waals surface area contributed by atoms with Gasteiger partial charge >= 0.3 is 0 Å². The molecule has 168 valence electrons. The number of fused-ring (bicyclic) bond motifs is 1. The second-order valence-electron chi connectivity index (χ2n) is 8.02. The number of hydrogen-bond donors (Lipinski definition) is 1. The number of hydrogen-bond acceptors (Lipinski definition) is 4. The van der Waals surface area contributed by atoms with Crippen LogP contribution in [0.15, 0.2) is 90.0 Å². The highest BCUT2D eigenvalue weighted by molar-refractivity contribution is 8.18. The summed E-state index contributed by atoms with van der Waals surface area (Å²) in [7, 11) is 0. The minimum Gasteiger partial charge on any atom is -0.325 e. The van der Waals surface area contributed by atoms with E-state index < -0.39 is 17.1 Å². The molecule has 5 rings (SSSR count). The van der Waals surface area contributed by atoms with Gasteiger partial charge in [-0.15, -0.1) is 0 Å². The van der Waals surface area contributed by atoms with Crippen LogP contribution in [0.1, 0.15) is 11.3 Å². The third-order valence-corrected chi connectivity index (χ3v) is 6.49. The van der Waals surface area contributed by atoms with Gasteiger partial charge in [0.15, 0.2) is 0 Å². The zero-order valence-corrected chi connectivity index (χ0v) is 19.2. The maximum atomic E-state index is 12.9. The molecular weight excluding hydrogens is 446 g/mol. The topological polar surface area (TPSA) is 71.4 Å². The number of benzene rings is 3. The van der Waals surface area contributed by atoms with Crippen molar-refractivity contribution in [1.82, 2.24) is 9.47 Å². The molecule has 0 radical (unpaired) electrons. The molecule has 0 spiro atoms. The number of carbonyl (C=O) groups excluding carboxylic acids is 3. The Morgan fingerprint density at radius 1 is 0.941 bits per heavy atom. The van der Waals surface area contributed by atoms with Crippen molar-refractivity contribution in [3.63, 3.8) is 0 Å². The molecule has 1 aliphatic heterocycles. The lowest BCUT2D eigenvalue weighted by Gasteiger charge is -2.12. The molecule has 2 heterocycles. The predicted octanol–water partition coefficient (Wildman–Crippen LogP) is 5.61. The average Bonchev–Trinajstić information content (AvgIpc) is 3.40. The average molecular weight is 468 g/mol. The van der Waals surface area contributed by atoms with E-state index in [4.69, 9.17) is 0 Å². The van der Waals surface area contributed by atoms with Gasteiger partial charge in [0, 0.05) is 23.3 Å². The van der Waals surface area contributed by atoms with Gasteiger partial charge in [-0.1, -0.05) is 48.0 Å². The SMILES string of the molecule is Cc1ccc(NC(=O)CN2C(=O)S/C(=C\c3cccn3-c3ccc4ccccc4c3)C2=O)cc1. The number of nitrogens with zero attached hydrogens (tertiary/aromatic N) is 2. The number of carbonyl (C=O) groups is 3. The van der Waals surface area contributed by atoms with Crippen LogP contribution in [0, 0.1) is 6.92 Å². The Bertz CT molecular complexity index is 1450. The molecule has 7 heteroatoms. The van der Waals surface area contributed by atoms with Crippen LogP contribution in [0.5, 0.6) is 0 Å². The molecule has 4 aromatic rings. The van der Waals surface area contributed by atoms with E-state index in [1.54, 1.807) is 18.2 Å². The van der Waals surface area contributed by atoms with Gasteiger partial charge in [0.2, 0.25) is 5.91 Å². The van der Waals surface area contributed by atoms with Crippen LogP contribution < -0.4 is 5.32 Å². The quantitative estimate of drug-likeness (QED) is 0.387. The molecule has 0 saturated carbocycles. The van der Waals surface area contributed by atoms with E-state index in [-0.39, 0.29) is 11.4 Å². The number of imide groups is 1. The van der Waals surface area contributed by atoms with Gasteiger partial charge < -0.3 is 9.88 Å². The highest BCUT2D eigenvalue weighted by Crippen LogP contribution is 2.33. The van der Waals surface area contributed by atoms with Crippen molar-refractivity contribution in [2.45, 2.75) is 6.92 Å². The number of aryl methyl sites for hydroxylation is 1. The molecule has 34 heavy (non-hydrogen) atoms. The van der Waals surface area contributed by atoms with Crippen LogP contribution >= 0.6 is 11.8 Å². The monoisotopic (exact) mass is 467 g/mol. The van der Waals surface area contributed by atoms with E-state index >= 15 is 0 Å². The van der Waals surface area contributed by atoms with Crippen LogP contribution in [-0.2, 0) is 9.59 Å². The van der Waals surface area contributed by atoms with Gasteiger partial charge in [-0.25, -0.2) is 0 Å². The Morgan fingerprint density at radius 3 is 2.50 bits per heavy atom. The summed E-state index contributed by atoms with van der Waals surface area (Å²) in [6.07, 6.45) is 3.60. The Kier molecular flexibility index (Phi) is 5.77. The number of anilines is 1. The number of aromatic nitrogens is 1. The van der Waals surface area contributed by atoms with Gasteiger partial charge in [0.05, 0.1) is 4.91 Å². The van der Waals surface area contributed by atoms with Crippen LogP contribution in [-0.4, -0.2) is 33.1 Å². The first kappa shape index (κ1) is 21.7. The summed E-state index contributed by atoms with van der Waals surface area (Å²) in [6.45, 7) is 1.62. The second kappa shape index (κ2) is 9.03. The number of thioether (sulfide) groups is 1. The summed E-state index contributed by atoms with van der Waals surface area (Å²) in [5.41, 5.74) is 3.41. The highest BCUT2D eigenvalue weighted by atomic mass is 32.2. The van der Waals surface area contributed by atoms with Crippen LogP contribution in [0.2, 0.25) is 0 Å². The van der Waals surface area contributed by atoms with E-state index in [1.165, 1.54) is 0 Å². The fraction of sp³-hybridized carbons (Fsp3) is 0.0741. The van der Waals surface area contributed by atoms with Crippen molar-refractivity contribution in [3.05, 3.63) is 101 Å². The molecule has 1 N–H and O–H groups in total. The second-order valence-corrected chi connectivity index (χ2v) is 9.01. The van der Waals surface area contributed by atoms with Crippen molar-refractivity contribution in [2.24, 2.45) is 0 Å². The fourth-order valence-electron chi connectivity index (χ4n) is 3.83. The summed E-state index contributed by atoms with van der Waals surface area (Å²) in [5, 5.41) is 4.52. The largest absolute Gasteiger partial charge is 0.325 e. The summed E-state index contributed by atoms with van der Waals surface area (Å²) in [5.74, 6) is -0.896. The molecular formula is C27H21N3O3S. The first-order valence-electron chi connectivity index (χ1n) is 10.8. The molecule has 0 aliphatic carbocycles. The maximum absolute atomic E-state index is 12.9. The van der Waals surface area contributed by atoms with Gasteiger partial charge in [0.25, 0.3) is 11.1 Å². The van der Waals surface area contributed by atoms with E-state index in [0.29, 0.717) is 5.69 Å². The summed E-state index contributed by atoms with van der Waals surface area (Å²) in [4.78, 5) is 39.1. The molecule has 1 saturated heterocycles. The first-order chi connectivity index (χ1) is 16.5. The lowest BCUT2D eigenvalue weighted by molar-refractivity contribution is -0.127. The fourth-order valence-corrected chi connectivity index (χ4v) is 4.65. The zero-order valence-electron chi connectivity index (χ0n) is 18.4. The smallest absolute Gasteiger partial charge is 0.294 e. The number of nitrogens with one attached hydrogen (secondary N) is 1. The van der Waals surface area contributed by atoms with E-state index in [9.17, 15) is 14.4 Å². The number of rotatable bonds is 5. The van der Waals surface area contributed by atoms with Crippen LogP contribution in [0.3, 0.4) is 0 Å². The van der Waals surface area contributed by atoms with E-state index in [1.807, 2.05) is 60.2 Å². The summed E-state index contributed by atoms with van der Waals surface area (Å²) < 4.78 is 1.96. The first-order valence-corrected chi connectivity index (χ1v) is 11.6. The third kappa shape index (κ3) is 4.38. The van der Waals surface area contributed by atoms with Crippen molar-refractivity contribution in [3.8, 4) is 5.69 Å². The Balaban J connectivity index is 1.34. The van der Waals surface area contributed by atoms with Crippen molar-refractivity contribution in [2.75, 3.05) is 11.9 Å². The highest BCUT2D eigenvalue weighted by Gasteiger charge is 2.36. The predicted molar refractivity (Wildman–Crippen MR) is 136 cm³/mol. The van der Waals surface area contributed by atoms with E-state index in [2.05, 4.69) is 29.6 Å². The lowest BCUT2D eigenvalue weighted by Crippen LogP contribution is -2.36. The zero-order chi connectivity index (χ0) is 23.7. The Hall–Kier alpha value is -4.10. The minimum absolute atomic E-state index is 0.286. The third-order valence-electron chi connectivity index (χ3n) is 5.58. The minimum atomic E-state index is -0.472. The van der Waals surface area contributed by atoms with Crippen molar-refractivity contribution >= 4 is 51.4 Å². The van der Waals surface area contributed by atoms with Gasteiger partial charge in [-0.3, -0.25) is 19.3 Å². The van der Waals surface area contributed by atoms with Gasteiger partial charge in [-0.05, 0) is 71.9 Å². The molecule has 3 aromatic carbocycles. The molecule has 1 aliphatic rings. The number of amides is 3. The molecule has 0 bridgehead atoms. The molecule has 0 atom stereocenters. The molecule has 1 aromatic heterocycles. The normalized spacial score (nSPS) is 14.9. The summed E-state index contributed by atoms with van der Waals surface area (Å²) in [6, 6.07) is 25.3. The van der Waals surface area contributed by atoms with Crippen molar-refractivity contribution in [1.29, 1.82) is 0 Å². The van der Waals surface area contributed by atoms with Crippen molar-refractivity contribution < 1.29 is 14.4 Å². The Morgan fingerprint density at radius 2 is 1.71 bits per heavy atom. The lowest BCUT2D eigenvalue weighted by atomic mass is 10.1. The Labute approximate surface area is 200 Å². The standard InChI is InChI=1S/C27H21N3O3S/c1-18-8-11-21(12-9-18)28-25(31)17-30-26(32)24(34-27(30)33)16-22-7-4-14-29(22)23-13-10-19-5-2-3-6-20(19)15-23/h2-16H,17H2,1H3,(H,28,31)/b24-16-. The summed E-state index contributed by atoms with van der Waals surface area (Å²) >= 11 is 0.842.